The summed E-state index contributed by atoms with van der Waals surface area (Å²) in [7, 11) is 1.65. The number of ether oxygens (including phenoxy) is 1. The van der Waals surface area contributed by atoms with Gasteiger partial charge >= 0.3 is 0 Å². The standard InChI is InChI=1S/C8H10N2O/c1-7-3-4-8(5-10-7)11-6-9-2/h3-6H,1-2H3/b9-6-. The zero-order valence-corrected chi connectivity index (χ0v) is 6.61. The van der Waals surface area contributed by atoms with E-state index in [-0.39, 0.29) is 0 Å². The summed E-state index contributed by atoms with van der Waals surface area (Å²) in [6, 6.07) is 3.74. The zero-order valence-electron chi connectivity index (χ0n) is 6.61. The highest BCUT2D eigenvalue weighted by atomic mass is 16.5. The van der Waals surface area contributed by atoms with Crippen molar-refractivity contribution in [3.8, 4) is 5.75 Å². The molecule has 0 aromatic carbocycles. The van der Waals surface area contributed by atoms with E-state index in [2.05, 4.69) is 9.98 Å². The SMILES string of the molecule is C/N=C\Oc1ccc(C)nc1. The Balaban J connectivity index is 2.66. The molecule has 0 saturated heterocycles. The molecule has 58 valence electrons. The lowest BCUT2D eigenvalue weighted by atomic mass is 10.4. The molecule has 1 heterocycles. The molecule has 0 aliphatic carbocycles. The molecule has 0 amide bonds. The van der Waals surface area contributed by atoms with Crippen LogP contribution in [0, 0.1) is 6.92 Å². The molecule has 0 N–H and O–H groups in total. The van der Waals surface area contributed by atoms with Gasteiger partial charge < -0.3 is 4.74 Å². The third-order valence-corrected chi connectivity index (χ3v) is 1.18. The van der Waals surface area contributed by atoms with Gasteiger partial charge in [-0.05, 0) is 19.1 Å². The normalized spacial score (nSPS) is 10.4. The smallest absolute Gasteiger partial charge is 0.176 e. The van der Waals surface area contributed by atoms with Crippen LogP contribution in [0.4, 0.5) is 0 Å². The summed E-state index contributed by atoms with van der Waals surface area (Å²) in [6.07, 6.45) is 3.04. The highest BCUT2D eigenvalue weighted by molar-refractivity contribution is 5.51. The minimum absolute atomic E-state index is 0.709. The first-order chi connectivity index (χ1) is 5.33. The van der Waals surface area contributed by atoms with Crippen LogP contribution in [0.25, 0.3) is 0 Å². The van der Waals surface area contributed by atoms with Crippen LogP contribution in [0.1, 0.15) is 5.69 Å². The molecule has 3 nitrogen and oxygen atoms in total. The Hall–Kier alpha value is -1.38. The van der Waals surface area contributed by atoms with E-state index in [9.17, 15) is 0 Å². The number of hydrogen-bond acceptors (Lipinski definition) is 3. The number of pyridine rings is 1. The van der Waals surface area contributed by atoms with Crippen molar-refractivity contribution in [2.45, 2.75) is 6.92 Å². The average Bonchev–Trinajstić information content (AvgIpc) is 2.04. The van der Waals surface area contributed by atoms with Gasteiger partial charge in [-0.25, -0.2) is 0 Å². The van der Waals surface area contributed by atoms with Gasteiger partial charge in [0.2, 0.25) is 0 Å². The van der Waals surface area contributed by atoms with Crippen molar-refractivity contribution in [1.29, 1.82) is 0 Å². The van der Waals surface area contributed by atoms with Gasteiger partial charge in [0.05, 0.1) is 6.20 Å². The molecule has 11 heavy (non-hydrogen) atoms. The Morgan fingerprint density at radius 2 is 2.36 bits per heavy atom. The van der Waals surface area contributed by atoms with Gasteiger partial charge in [0, 0.05) is 12.7 Å². The number of aromatic nitrogens is 1. The van der Waals surface area contributed by atoms with Crippen LogP contribution < -0.4 is 4.74 Å². The molecule has 0 unspecified atom stereocenters. The summed E-state index contributed by atoms with van der Waals surface area (Å²) in [6.45, 7) is 1.93. The maximum Gasteiger partial charge on any atom is 0.176 e. The van der Waals surface area contributed by atoms with E-state index < -0.39 is 0 Å². The summed E-state index contributed by atoms with van der Waals surface area (Å²) in [5, 5.41) is 0. The molecule has 0 atom stereocenters. The fourth-order valence-electron chi connectivity index (χ4n) is 0.638. The quantitative estimate of drug-likeness (QED) is 0.472. The van der Waals surface area contributed by atoms with Crippen molar-refractivity contribution in [3.05, 3.63) is 24.0 Å². The average molecular weight is 150 g/mol. The number of nitrogens with zero attached hydrogens (tertiary/aromatic N) is 2. The van der Waals surface area contributed by atoms with Gasteiger partial charge in [0.25, 0.3) is 0 Å². The summed E-state index contributed by atoms with van der Waals surface area (Å²) < 4.78 is 5.06. The fourth-order valence-corrected chi connectivity index (χ4v) is 0.638. The first-order valence-corrected chi connectivity index (χ1v) is 3.33. The minimum Gasteiger partial charge on any atom is -0.445 e. The summed E-state index contributed by atoms with van der Waals surface area (Å²) in [4.78, 5) is 7.72. The zero-order chi connectivity index (χ0) is 8.10. The van der Waals surface area contributed by atoms with Gasteiger partial charge in [-0.1, -0.05) is 0 Å². The van der Waals surface area contributed by atoms with Gasteiger partial charge in [-0.15, -0.1) is 0 Å². The summed E-state index contributed by atoms with van der Waals surface area (Å²) in [5.74, 6) is 0.709. The Morgan fingerprint density at radius 3 is 2.91 bits per heavy atom. The molecule has 0 bridgehead atoms. The van der Waals surface area contributed by atoms with E-state index in [1.165, 1.54) is 6.40 Å². The van der Waals surface area contributed by atoms with E-state index in [4.69, 9.17) is 4.74 Å². The largest absolute Gasteiger partial charge is 0.445 e. The fraction of sp³-hybridized carbons (Fsp3) is 0.250. The third kappa shape index (κ3) is 2.37. The van der Waals surface area contributed by atoms with Crippen LogP contribution in [0.15, 0.2) is 23.3 Å². The minimum atomic E-state index is 0.709. The Kier molecular flexibility index (Phi) is 2.60. The van der Waals surface area contributed by atoms with Gasteiger partial charge in [0.1, 0.15) is 5.75 Å². The molecule has 0 spiro atoms. The second-order valence-electron chi connectivity index (χ2n) is 2.12. The van der Waals surface area contributed by atoms with Crippen molar-refractivity contribution in [2.24, 2.45) is 4.99 Å². The van der Waals surface area contributed by atoms with Crippen molar-refractivity contribution >= 4 is 6.40 Å². The lowest BCUT2D eigenvalue weighted by Crippen LogP contribution is -1.90. The highest BCUT2D eigenvalue weighted by Crippen LogP contribution is 2.06. The number of aryl methyl sites for hydroxylation is 1. The second kappa shape index (κ2) is 3.71. The molecule has 0 radical (unpaired) electrons. The van der Waals surface area contributed by atoms with Gasteiger partial charge in [0.15, 0.2) is 6.40 Å². The molecule has 1 rings (SSSR count). The van der Waals surface area contributed by atoms with Crippen molar-refractivity contribution in [2.75, 3.05) is 7.05 Å². The lowest BCUT2D eigenvalue weighted by Gasteiger charge is -1.97. The van der Waals surface area contributed by atoms with Crippen molar-refractivity contribution < 1.29 is 4.74 Å². The molecule has 0 aliphatic heterocycles. The summed E-state index contributed by atoms with van der Waals surface area (Å²) in [5.41, 5.74) is 0.978. The van der Waals surface area contributed by atoms with Crippen LogP contribution in [0.2, 0.25) is 0 Å². The second-order valence-corrected chi connectivity index (χ2v) is 2.12. The first kappa shape index (κ1) is 7.72. The maximum absolute atomic E-state index is 5.06. The maximum atomic E-state index is 5.06. The van der Waals surface area contributed by atoms with E-state index in [0.717, 1.165) is 5.69 Å². The summed E-state index contributed by atoms with van der Waals surface area (Å²) >= 11 is 0. The number of aliphatic imine (C=N–C) groups is 1. The Morgan fingerprint density at radius 1 is 1.55 bits per heavy atom. The Bertz CT molecular complexity index is 241. The van der Waals surface area contributed by atoms with Crippen LogP contribution in [-0.4, -0.2) is 18.4 Å². The van der Waals surface area contributed by atoms with Crippen LogP contribution in [-0.2, 0) is 0 Å². The number of rotatable bonds is 2. The van der Waals surface area contributed by atoms with Crippen LogP contribution >= 0.6 is 0 Å². The lowest BCUT2D eigenvalue weighted by molar-refractivity contribution is 0.569. The molecular formula is C8H10N2O. The molecule has 1 aromatic heterocycles. The van der Waals surface area contributed by atoms with E-state index in [0.29, 0.717) is 5.75 Å². The van der Waals surface area contributed by atoms with Gasteiger partial charge in [-0.2, -0.15) is 0 Å². The van der Waals surface area contributed by atoms with E-state index in [1.54, 1.807) is 13.2 Å². The molecule has 0 fully saturated rings. The highest BCUT2D eigenvalue weighted by Gasteiger charge is 1.89. The monoisotopic (exact) mass is 150 g/mol. The van der Waals surface area contributed by atoms with E-state index >= 15 is 0 Å². The molecule has 1 aromatic rings. The Labute approximate surface area is 65.8 Å². The van der Waals surface area contributed by atoms with Crippen LogP contribution in [0.3, 0.4) is 0 Å². The first-order valence-electron chi connectivity index (χ1n) is 3.33. The van der Waals surface area contributed by atoms with Crippen LogP contribution in [0.5, 0.6) is 5.75 Å². The van der Waals surface area contributed by atoms with Crippen molar-refractivity contribution in [1.82, 2.24) is 4.98 Å². The number of hydrogen-bond donors (Lipinski definition) is 0. The predicted molar refractivity (Wildman–Crippen MR) is 44.0 cm³/mol. The molecular weight excluding hydrogens is 140 g/mol. The van der Waals surface area contributed by atoms with Crippen molar-refractivity contribution in [3.63, 3.8) is 0 Å². The van der Waals surface area contributed by atoms with E-state index in [1.807, 2.05) is 19.1 Å². The predicted octanol–water partition coefficient (Wildman–Crippen LogP) is 1.43. The third-order valence-electron chi connectivity index (χ3n) is 1.18. The van der Waals surface area contributed by atoms with Gasteiger partial charge in [-0.3, -0.25) is 9.98 Å². The molecule has 3 heteroatoms. The topological polar surface area (TPSA) is 34.5 Å². The molecule has 0 aliphatic rings. The molecule has 0 saturated carbocycles.